The number of nitrogens with zero attached hydrogens (tertiary/aromatic N) is 1. The molecule has 0 fully saturated rings. The summed E-state index contributed by atoms with van der Waals surface area (Å²) in [5.41, 5.74) is 8.70. The van der Waals surface area contributed by atoms with Gasteiger partial charge in [-0.3, -0.25) is 4.98 Å². The van der Waals surface area contributed by atoms with Crippen molar-refractivity contribution in [1.82, 2.24) is 4.98 Å². The highest BCUT2D eigenvalue weighted by Crippen LogP contribution is 2.26. The van der Waals surface area contributed by atoms with E-state index in [-0.39, 0.29) is 0 Å². The molecule has 0 aliphatic heterocycles. The van der Waals surface area contributed by atoms with Crippen molar-refractivity contribution < 1.29 is 9.15 Å². The Morgan fingerprint density at radius 1 is 1.10 bits per heavy atom. The van der Waals surface area contributed by atoms with E-state index in [0.29, 0.717) is 19.8 Å². The lowest BCUT2D eigenvalue weighted by Gasteiger charge is -2.04. The van der Waals surface area contributed by atoms with Crippen molar-refractivity contribution in [3.63, 3.8) is 0 Å². The van der Waals surface area contributed by atoms with Gasteiger partial charge >= 0.3 is 0 Å². The first-order valence-corrected chi connectivity index (χ1v) is 7.05. The second-order valence-corrected chi connectivity index (χ2v) is 4.83. The molecule has 0 saturated carbocycles. The van der Waals surface area contributed by atoms with Crippen molar-refractivity contribution in [3.8, 4) is 0 Å². The normalized spacial score (nSPS) is 11.1. The SMILES string of the molecule is NCc1oc2ccccc2c1COCCc1ccccn1. The van der Waals surface area contributed by atoms with E-state index in [1.807, 2.05) is 42.5 Å². The molecule has 21 heavy (non-hydrogen) atoms. The Bertz CT molecular complexity index is 707. The number of furan rings is 1. The Hall–Kier alpha value is -2.17. The van der Waals surface area contributed by atoms with E-state index in [0.717, 1.165) is 34.4 Å². The van der Waals surface area contributed by atoms with Gasteiger partial charge in [-0.15, -0.1) is 0 Å². The van der Waals surface area contributed by atoms with Crippen molar-refractivity contribution in [2.45, 2.75) is 19.6 Å². The predicted octanol–water partition coefficient (Wildman–Crippen LogP) is 3.05. The lowest BCUT2D eigenvalue weighted by Crippen LogP contribution is -2.03. The molecule has 4 nitrogen and oxygen atoms in total. The molecule has 0 atom stereocenters. The largest absolute Gasteiger partial charge is 0.459 e. The van der Waals surface area contributed by atoms with Gasteiger partial charge < -0.3 is 14.9 Å². The second kappa shape index (κ2) is 6.52. The molecule has 0 spiro atoms. The zero-order valence-electron chi connectivity index (χ0n) is 11.8. The maximum absolute atomic E-state index is 5.78. The first kappa shape index (κ1) is 13.8. The van der Waals surface area contributed by atoms with Crippen LogP contribution in [0.4, 0.5) is 0 Å². The summed E-state index contributed by atoms with van der Waals surface area (Å²) < 4.78 is 11.5. The third kappa shape index (κ3) is 3.12. The minimum absolute atomic E-state index is 0.383. The fraction of sp³-hybridized carbons (Fsp3) is 0.235. The highest BCUT2D eigenvalue weighted by atomic mass is 16.5. The van der Waals surface area contributed by atoms with Gasteiger partial charge in [-0.2, -0.15) is 0 Å². The van der Waals surface area contributed by atoms with Gasteiger partial charge in [-0.05, 0) is 18.2 Å². The van der Waals surface area contributed by atoms with E-state index in [1.54, 1.807) is 6.20 Å². The van der Waals surface area contributed by atoms with Crippen molar-refractivity contribution in [3.05, 3.63) is 65.7 Å². The number of fused-ring (bicyclic) bond motifs is 1. The van der Waals surface area contributed by atoms with Crippen LogP contribution in [-0.2, 0) is 24.3 Å². The lowest BCUT2D eigenvalue weighted by atomic mass is 10.1. The van der Waals surface area contributed by atoms with Gasteiger partial charge in [0.05, 0.1) is 19.8 Å². The van der Waals surface area contributed by atoms with Crippen LogP contribution in [0.5, 0.6) is 0 Å². The number of pyridine rings is 1. The van der Waals surface area contributed by atoms with Crippen molar-refractivity contribution in [2.75, 3.05) is 6.61 Å². The summed E-state index contributed by atoms with van der Waals surface area (Å²) >= 11 is 0. The number of para-hydroxylation sites is 1. The van der Waals surface area contributed by atoms with Crippen LogP contribution in [0.15, 0.2) is 53.1 Å². The van der Waals surface area contributed by atoms with Gasteiger partial charge in [0.15, 0.2) is 0 Å². The maximum Gasteiger partial charge on any atom is 0.134 e. The standard InChI is InChI=1S/C17H18N2O2/c18-11-17-15(14-6-1-2-7-16(14)21-17)12-20-10-8-13-5-3-4-9-19-13/h1-7,9H,8,10-12,18H2. The number of ether oxygens (including phenoxy) is 1. The van der Waals surface area contributed by atoms with Crippen molar-refractivity contribution in [1.29, 1.82) is 0 Å². The first-order chi connectivity index (χ1) is 10.4. The Morgan fingerprint density at radius 3 is 2.76 bits per heavy atom. The van der Waals surface area contributed by atoms with Gasteiger partial charge in [0, 0.05) is 29.3 Å². The maximum atomic E-state index is 5.78. The van der Waals surface area contributed by atoms with Crippen LogP contribution in [0.25, 0.3) is 11.0 Å². The second-order valence-electron chi connectivity index (χ2n) is 4.83. The molecular formula is C17H18N2O2. The Kier molecular flexibility index (Phi) is 4.28. The molecule has 4 heteroatoms. The summed E-state index contributed by atoms with van der Waals surface area (Å²) in [6.45, 7) is 1.52. The van der Waals surface area contributed by atoms with Crippen LogP contribution in [0, 0.1) is 0 Å². The molecule has 1 aromatic carbocycles. The zero-order chi connectivity index (χ0) is 14.5. The first-order valence-electron chi connectivity index (χ1n) is 7.05. The van der Waals surface area contributed by atoms with Crippen LogP contribution < -0.4 is 5.73 Å². The molecule has 2 heterocycles. The molecule has 0 unspecified atom stereocenters. The summed E-state index contributed by atoms with van der Waals surface area (Å²) in [5.74, 6) is 0.800. The van der Waals surface area contributed by atoms with E-state index in [1.165, 1.54) is 0 Å². The van der Waals surface area contributed by atoms with E-state index < -0.39 is 0 Å². The van der Waals surface area contributed by atoms with E-state index in [9.17, 15) is 0 Å². The Morgan fingerprint density at radius 2 is 1.95 bits per heavy atom. The smallest absolute Gasteiger partial charge is 0.134 e. The molecule has 0 bridgehead atoms. The van der Waals surface area contributed by atoms with Gasteiger partial charge in [0.2, 0.25) is 0 Å². The number of nitrogens with two attached hydrogens (primary N) is 1. The van der Waals surface area contributed by atoms with Gasteiger partial charge in [0.25, 0.3) is 0 Å². The molecule has 0 aliphatic rings. The molecule has 2 N–H and O–H groups in total. The van der Waals surface area contributed by atoms with Gasteiger partial charge in [-0.1, -0.05) is 24.3 Å². The average molecular weight is 282 g/mol. The quantitative estimate of drug-likeness (QED) is 0.706. The lowest BCUT2D eigenvalue weighted by molar-refractivity contribution is 0.122. The number of benzene rings is 1. The molecule has 3 aromatic rings. The van der Waals surface area contributed by atoms with Crippen molar-refractivity contribution in [2.24, 2.45) is 5.73 Å². The molecule has 0 saturated heterocycles. The topological polar surface area (TPSA) is 61.3 Å². The van der Waals surface area contributed by atoms with Crippen LogP contribution in [0.1, 0.15) is 17.0 Å². The molecule has 0 amide bonds. The van der Waals surface area contributed by atoms with E-state index in [2.05, 4.69) is 4.98 Å². The molecular weight excluding hydrogens is 264 g/mol. The summed E-state index contributed by atoms with van der Waals surface area (Å²) in [6, 6.07) is 13.8. The van der Waals surface area contributed by atoms with Crippen LogP contribution >= 0.6 is 0 Å². The number of aromatic nitrogens is 1. The minimum atomic E-state index is 0.383. The molecule has 0 radical (unpaired) electrons. The summed E-state index contributed by atoms with van der Waals surface area (Å²) in [5, 5.41) is 1.08. The molecule has 3 rings (SSSR count). The molecule has 2 aromatic heterocycles. The highest BCUT2D eigenvalue weighted by Gasteiger charge is 2.12. The average Bonchev–Trinajstić information content (AvgIpc) is 2.90. The summed E-state index contributed by atoms with van der Waals surface area (Å²) in [4.78, 5) is 4.28. The third-order valence-electron chi connectivity index (χ3n) is 3.44. The van der Waals surface area contributed by atoms with Crippen LogP contribution in [0.2, 0.25) is 0 Å². The van der Waals surface area contributed by atoms with Gasteiger partial charge in [0.1, 0.15) is 11.3 Å². The van der Waals surface area contributed by atoms with E-state index in [4.69, 9.17) is 14.9 Å². The summed E-state index contributed by atoms with van der Waals surface area (Å²) in [7, 11) is 0. The summed E-state index contributed by atoms with van der Waals surface area (Å²) in [6.07, 6.45) is 2.60. The Labute approximate surface area is 123 Å². The zero-order valence-corrected chi connectivity index (χ0v) is 11.8. The minimum Gasteiger partial charge on any atom is -0.459 e. The number of hydrogen-bond donors (Lipinski definition) is 1. The molecule has 108 valence electrons. The molecule has 0 aliphatic carbocycles. The van der Waals surface area contributed by atoms with Crippen LogP contribution in [0.3, 0.4) is 0 Å². The van der Waals surface area contributed by atoms with E-state index >= 15 is 0 Å². The van der Waals surface area contributed by atoms with Gasteiger partial charge in [-0.25, -0.2) is 0 Å². The number of rotatable bonds is 6. The predicted molar refractivity (Wildman–Crippen MR) is 81.7 cm³/mol. The Balaban J connectivity index is 1.65. The third-order valence-corrected chi connectivity index (χ3v) is 3.44. The number of hydrogen-bond acceptors (Lipinski definition) is 4. The fourth-order valence-electron chi connectivity index (χ4n) is 2.37. The monoisotopic (exact) mass is 282 g/mol. The van der Waals surface area contributed by atoms with Crippen molar-refractivity contribution >= 4 is 11.0 Å². The van der Waals surface area contributed by atoms with Crippen LogP contribution in [-0.4, -0.2) is 11.6 Å². The fourth-order valence-corrected chi connectivity index (χ4v) is 2.37. The highest BCUT2D eigenvalue weighted by molar-refractivity contribution is 5.82.